The number of halogens is 3. The Hall–Kier alpha value is -3.65. The van der Waals surface area contributed by atoms with Crippen molar-refractivity contribution in [3.63, 3.8) is 0 Å². The van der Waals surface area contributed by atoms with E-state index < -0.39 is 50.9 Å². The van der Waals surface area contributed by atoms with Gasteiger partial charge in [0.05, 0.1) is 11.1 Å². The maximum absolute atomic E-state index is 13.8. The molecule has 1 aromatic rings. The molecule has 3 aliphatic heterocycles. The molecular formula is C27H29F3N2O8S. The lowest BCUT2D eigenvalue weighted by molar-refractivity contribution is -0.197. The van der Waals surface area contributed by atoms with Gasteiger partial charge in [0.2, 0.25) is 0 Å². The van der Waals surface area contributed by atoms with Crippen LogP contribution in [0.4, 0.5) is 18.9 Å². The van der Waals surface area contributed by atoms with Crippen molar-refractivity contribution in [1.29, 1.82) is 0 Å². The second-order valence-electron chi connectivity index (χ2n) is 10.5. The third-order valence-electron chi connectivity index (χ3n) is 6.90. The SMILES string of the molecule is C=C1C=C(C(F)(F)F)c2cc3c(cc2O1)N(CCCCCC(=O)ON1C(=O)CCC1=O)C(C)(C)C=C3CS(=O)(=O)O. The minimum absolute atomic E-state index is 0.00420. The third kappa shape index (κ3) is 6.81. The predicted octanol–water partition coefficient (Wildman–Crippen LogP) is 4.58. The Bertz CT molecular complexity index is 1460. The molecule has 14 heteroatoms. The number of imide groups is 1. The van der Waals surface area contributed by atoms with Gasteiger partial charge in [-0.3, -0.25) is 14.1 Å². The van der Waals surface area contributed by atoms with Crippen LogP contribution in [0.2, 0.25) is 0 Å². The Kier molecular flexibility index (Phi) is 8.11. The summed E-state index contributed by atoms with van der Waals surface area (Å²) in [4.78, 5) is 42.0. The molecule has 0 radical (unpaired) electrons. The van der Waals surface area contributed by atoms with E-state index in [4.69, 9.17) is 9.57 Å². The fourth-order valence-corrected chi connectivity index (χ4v) is 5.76. The zero-order valence-corrected chi connectivity index (χ0v) is 23.2. The van der Waals surface area contributed by atoms with Crippen LogP contribution in [0.3, 0.4) is 0 Å². The lowest BCUT2D eigenvalue weighted by Gasteiger charge is -2.44. The van der Waals surface area contributed by atoms with Crippen molar-refractivity contribution in [3.8, 4) is 5.75 Å². The molecule has 1 aromatic carbocycles. The largest absolute Gasteiger partial charge is 0.457 e. The van der Waals surface area contributed by atoms with E-state index in [1.54, 1.807) is 19.9 Å². The van der Waals surface area contributed by atoms with Crippen molar-refractivity contribution in [3.05, 3.63) is 47.7 Å². The van der Waals surface area contributed by atoms with Gasteiger partial charge in [-0.15, -0.1) is 5.06 Å². The van der Waals surface area contributed by atoms with E-state index in [-0.39, 0.29) is 47.5 Å². The first-order chi connectivity index (χ1) is 19.0. The lowest BCUT2D eigenvalue weighted by atomic mass is 9.86. The lowest BCUT2D eigenvalue weighted by Crippen LogP contribution is -2.46. The van der Waals surface area contributed by atoms with Gasteiger partial charge < -0.3 is 14.5 Å². The first-order valence-corrected chi connectivity index (χ1v) is 14.4. The highest BCUT2D eigenvalue weighted by atomic mass is 32.2. The Morgan fingerprint density at radius 3 is 2.39 bits per heavy atom. The Morgan fingerprint density at radius 1 is 1.12 bits per heavy atom. The van der Waals surface area contributed by atoms with Crippen molar-refractivity contribution in [2.75, 3.05) is 17.2 Å². The van der Waals surface area contributed by atoms with Crippen LogP contribution in [-0.2, 0) is 29.3 Å². The molecule has 222 valence electrons. The predicted molar refractivity (Wildman–Crippen MR) is 142 cm³/mol. The Labute approximate surface area is 234 Å². The zero-order valence-electron chi connectivity index (χ0n) is 22.4. The van der Waals surface area contributed by atoms with Gasteiger partial charge in [-0.2, -0.15) is 21.6 Å². The summed E-state index contributed by atoms with van der Waals surface area (Å²) in [6, 6.07) is 2.63. The molecule has 0 saturated carbocycles. The molecule has 10 nitrogen and oxygen atoms in total. The van der Waals surface area contributed by atoms with Gasteiger partial charge in [0.1, 0.15) is 17.3 Å². The fraction of sp³-hybridized carbons (Fsp3) is 0.444. The molecule has 0 spiro atoms. The number of alkyl halides is 3. The second kappa shape index (κ2) is 11.0. The highest BCUT2D eigenvalue weighted by Gasteiger charge is 2.41. The standard InChI is InChI=1S/C27H29F3N2O8S/c1-16-11-20(27(28,29)30)19-12-18-17(15-41(36,37)38)14-26(2,3)31(21(18)13-22(19)39-16)10-6-4-5-7-25(35)40-32-23(33)8-9-24(32)34/h11-14H,1,4-10,15H2,2-3H3,(H,36,37,38). The summed E-state index contributed by atoms with van der Waals surface area (Å²) in [5.74, 6) is -2.94. The van der Waals surface area contributed by atoms with Crippen molar-refractivity contribution < 1.29 is 50.1 Å². The average molecular weight is 599 g/mol. The van der Waals surface area contributed by atoms with Gasteiger partial charge in [-0.1, -0.05) is 19.1 Å². The topological polar surface area (TPSA) is 131 Å². The number of rotatable bonds is 9. The van der Waals surface area contributed by atoms with Crippen LogP contribution in [0, 0.1) is 0 Å². The van der Waals surface area contributed by atoms with Crippen LogP contribution < -0.4 is 9.64 Å². The van der Waals surface area contributed by atoms with Gasteiger partial charge in [0, 0.05) is 48.7 Å². The smallest absolute Gasteiger partial charge is 0.417 e. The summed E-state index contributed by atoms with van der Waals surface area (Å²) in [6.45, 7) is 7.47. The van der Waals surface area contributed by atoms with Crippen LogP contribution in [0.15, 0.2) is 36.6 Å². The number of anilines is 1. The van der Waals surface area contributed by atoms with E-state index in [2.05, 4.69) is 6.58 Å². The molecule has 41 heavy (non-hydrogen) atoms. The summed E-state index contributed by atoms with van der Waals surface area (Å²) in [6.07, 6.45) is -0.976. The van der Waals surface area contributed by atoms with Crippen LogP contribution in [0.5, 0.6) is 5.75 Å². The van der Waals surface area contributed by atoms with E-state index in [0.717, 1.165) is 6.08 Å². The summed E-state index contributed by atoms with van der Waals surface area (Å²) >= 11 is 0. The number of unbranched alkanes of at least 4 members (excludes halogenated alkanes) is 2. The number of allylic oxidation sites excluding steroid dienone is 2. The molecule has 1 saturated heterocycles. The number of ether oxygens (including phenoxy) is 1. The number of nitrogens with zero attached hydrogens (tertiary/aromatic N) is 2. The van der Waals surface area contributed by atoms with E-state index >= 15 is 0 Å². The quantitative estimate of drug-likeness (QED) is 0.247. The number of carbonyl (C=O) groups excluding carboxylic acids is 3. The summed E-state index contributed by atoms with van der Waals surface area (Å²) in [5, 5.41) is 0.489. The highest BCUT2D eigenvalue weighted by Crippen LogP contribution is 2.49. The summed E-state index contributed by atoms with van der Waals surface area (Å²) in [7, 11) is -4.51. The van der Waals surface area contributed by atoms with E-state index in [0.29, 0.717) is 36.6 Å². The van der Waals surface area contributed by atoms with Crippen molar-refractivity contribution in [2.24, 2.45) is 0 Å². The normalized spacial score (nSPS) is 18.4. The van der Waals surface area contributed by atoms with Crippen molar-refractivity contribution >= 4 is 44.7 Å². The number of hydrogen-bond donors (Lipinski definition) is 1. The minimum Gasteiger partial charge on any atom is -0.457 e. The van der Waals surface area contributed by atoms with Gasteiger partial charge in [-0.25, -0.2) is 4.79 Å². The molecule has 1 fully saturated rings. The van der Waals surface area contributed by atoms with Gasteiger partial charge >= 0.3 is 12.1 Å². The number of amides is 2. The fourth-order valence-electron chi connectivity index (χ4n) is 5.13. The first kappa shape index (κ1) is 30.3. The summed E-state index contributed by atoms with van der Waals surface area (Å²) in [5.41, 5.74) is -1.32. The molecule has 2 amide bonds. The molecular weight excluding hydrogens is 569 g/mol. The second-order valence-corrected chi connectivity index (χ2v) is 12.0. The number of fused-ring (bicyclic) bond motifs is 2. The molecule has 0 unspecified atom stereocenters. The minimum atomic E-state index is -4.73. The van der Waals surface area contributed by atoms with Gasteiger partial charge in [0.25, 0.3) is 21.9 Å². The van der Waals surface area contributed by atoms with Crippen molar-refractivity contribution in [2.45, 2.75) is 64.1 Å². The first-order valence-electron chi connectivity index (χ1n) is 12.8. The third-order valence-corrected chi connectivity index (χ3v) is 7.57. The molecule has 3 heterocycles. The van der Waals surface area contributed by atoms with E-state index in [1.807, 2.05) is 4.90 Å². The van der Waals surface area contributed by atoms with E-state index in [9.17, 15) is 40.5 Å². The van der Waals surface area contributed by atoms with Gasteiger partial charge in [-0.05, 0) is 44.4 Å². The van der Waals surface area contributed by atoms with Gasteiger partial charge in [0.15, 0.2) is 0 Å². The molecule has 0 bridgehead atoms. The zero-order chi connectivity index (χ0) is 30.3. The molecule has 4 rings (SSSR count). The van der Waals surface area contributed by atoms with Crippen molar-refractivity contribution in [1.82, 2.24) is 5.06 Å². The molecule has 1 N–H and O–H groups in total. The number of carbonyl (C=O) groups is 3. The Morgan fingerprint density at radius 2 is 1.78 bits per heavy atom. The average Bonchev–Trinajstić information content (AvgIpc) is 3.14. The van der Waals surface area contributed by atoms with Crippen LogP contribution in [0.25, 0.3) is 11.1 Å². The van der Waals surface area contributed by atoms with Crippen LogP contribution in [-0.4, -0.2) is 59.8 Å². The molecule has 0 atom stereocenters. The van der Waals surface area contributed by atoms with E-state index in [1.165, 1.54) is 12.1 Å². The molecule has 0 aliphatic carbocycles. The Balaban J connectivity index is 1.54. The maximum atomic E-state index is 13.8. The highest BCUT2D eigenvalue weighted by molar-refractivity contribution is 7.86. The number of hydrogen-bond acceptors (Lipinski definition) is 8. The monoisotopic (exact) mass is 598 g/mol. The van der Waals surface area contributed by atoms with Crippen LogP contribution >= 0.6 is 0 Å². The molecule has 0 aromatic heterocycles. The maximum Gasteiger partial charge on any atom is 0.417 e. The summed E-state index contributed by atoms with van der Waals surface area (Å²) < 4.78 is 80.2. The number of hydroxylamine groups is 2. The number of benzene rings is 1. The van der Waals surface area contributed by atoms with Crippen LogP contribution in [0.1, 0.15) is 63.5 Å². The molecule has 3 aliphatic rings.